The van der Waals surface area contributed by atoms with Gasteiger partial charge in [0.1, 0.15) is 11.5 Å². The molecule has 0 aliphatic heterocycles. The van der Waals surface area contributed by atoms with Crippen LogP contribution in [0.4, 0.5) is 13.2 Å². The molecule has 3 aromatic rings. The normalized spacial score (nSPS) is 11.4. The van der Waals surface area contributed by atoms with Crippen LogP contribution in [-0.4, -0.2) is 21.0 Å². The second-order valence-electron chi connectivity index (χ2n) is 5.50. The van der Waals surface area contributed by atoms with Crippen LogP contribution in [-0.2, 0) is 0 Å². The molecular weight excluding hydrogens is 381 g/mol. The monoisotopic (exact) mass is 394 g/mol. The van der Waals surface area contributed by atoms with Crippen molar-refractivity contribution in [3.8, 4) is 17.2 Å². The van der Waals surface area contributed by atoms with Crippen LogP contribution < -0.4 is 10.3 Å². The van der Waals surface area contributed by atoms with Gasteiger partial charge >= 0.3 is 6.36 Å². The Labute approximate surface area is 156 Å². The Hall–Kier alpha value is -2.94. The van der Waals surface area contributed by atoms with E-state index in [4.69, 9.17) is 0 Å². The zero-order chi connectivity index (χ0) is 19.6. The van der Waals surface area contributed by atoms with Gasteiger partial charge in [-0.2, -0.15) is 0 Å². The average molecular weight is 394 g/mol. The number of alkyl halides is 3. The third kappa shape index (κ3) is 4.62. The number of aryl methyl sites for hydroxylation is 1. The van der Waals surface area contributed by atoms with Crippen molar-refractivity contribution in [2.75, 3.05) is 0 Å². The largest absolute Gasteiger partial charge is 0.573 e. The van der Waals surface area contributed by atoms with Crippen LogP contribution in [0, 0.1) is 6.92 Å². The Morgan fingerprint density at radius 1 is 1.15 bits per heavy atom. The zero-order valence-electron chi connectivity index (χ0n) is 13.9. The SMILES string of the molecule is Cc1cc(-n2ccnc(Sc3ccc(OC(F)(F)F)cc3)c2=O)ccc1O. The van der Waals surface area contributed by atoms with Crippen LogP contribution in [0.1, 0.15) is 5.56 Å². The second kappa shape index (κ2) is 7.36. The minimum Gasteiger partial charge on any atom is -0.508 e. The van der Waals surface area contributed by atoms with Gasteiger partial charge in [0.25, 0.3) is 5.56 Å². The van der Waals surface area contributed by atoms with E-state index in [1.54, 1.807) is 19.1 Å². The Kier molecular flexibility index (Phi) is 5.13. The molecule has 1 N–H and O–H groups in total. The van der Waals surface area contributed by atoms with Gasteiger partial charge in [0, 0.05) is 23.0 Å². The van der Waals surface area contributed by atoms with Gasteiger partial charge in [-0.15, -0.1) is 13.2 Å². The third-order valence-corrected chi connectivity index (χ3v) is 4.52. The maximum Gasteiger partial charge on any atom is 0.573 e. The Balaban J connectivity index is 1.86. The number of benzene rings is 2. The lowest BCUT2D eigenvalue weighted by Gasteiger charge is -2.10. The molecule has 3 rings (SSSR count). The Morgan fingerprint density at radius 2 is 1.85 bits per heavy atom. The van der Waals surface area contributed by atoms with Gasteiger partial charge in [0.2, 0.25) is 0 Å². The molecule has 140 valence electrons. The molecule has 0 fully saturated rings. The van der Waals surface area contributed by atoms with Gasteiger partial charge in [0.05, 0.1) is 0 Å². The molecule has 0 saturated carbocycles. The van der Waals surface area contributed by atoms with Crippen LogP contribution in [0.3, 0.4) is 0 Å². The highest BCUT2D eigenvalue weighted by atomic mass is 32.2. The third-order valence-electron chi connectivity index (χ3n) is 3.54. The van der Waals surface area contributed by atoms with Crippen molar-refractivity contribution < 1.29 is 23.0 Å². The molecule has 0 atom stereocenters. The standard InChI is InChI=1S/C18H13F3N2O3S/c1-11-10-12(2-7-15(11)24)23-9-8-22-16(17(23)25)27-14-5-3-13(4-6-14)26-18(19,20)21/h2-10,24H,1H3. The number of rotatable bonds is 4. The highest BCUT2D eigenvalue weighted by Gasteiger charge is 2.30. The van der Waals surface area contributed by atoms with Crippen molar-refractivity contribution in [1.82, 2.24) is 9.55 Å². The van der Waals surface area contributed by atoms with E-state index < -0.39 is 6.36 Å². The summed E-state index contributed by atoms with van der Waals surface area (Å²) in [6.07, 6.45) is -1.81. The molecule has 0 unspecified atom stereocenters. The van der Waals surface area contributed by atoms with Crippen molar-refractivity contribution in [2.45, 2.75) is 23.2 Å². The topological polar surface area (TPSA) is 64.4 Å². The van der Waals surface area contributed by atoms with Crippen LogP contribution in [0.2, 0.25) is 0 Å². The maximum atomic E-state index is 12.7. The smallest absolute Gasteiger partial charge is 0.508 e. The maximum absolute atomic E-state index is 12.7. The molecule has 1 aromatic heterocycles. The van der Waals surface area contributed by atoms with Crippen molar-refractivity contribution in [2.24, 2.45) is 0 Å². The summed E-state index contributed by atoms with van der Waals surface area (Å²) in [4.78, 5) is 17.3. The van der Waals surface area contributed by atoms with Gasteiger partial charge in [-0.3, -0.25) is 9.36 Å². The molecule has 0 radical (unpaired) electrons. The number of hydrogen-bond acceptors (Lipinski definition) is 5. The molecular formula is C18H13F3N2O3S. The highest BCUT2D eigenvalue weighted by Crippen LogP contribution is 2.28. The van der Waals surface area contributed by atoms with Crippen molar-refractivity contribution in [1.29, 1.82) is 0 Å². The first kappa shape index (κ1) is 18.8. The first-order chi connectivity index (χ1) is 12.7. The molecule has 0 amide bonds. The predicted octanol–water partition coefficient (Wildman–Crippen LogP) is 4.30. The molecule has 2 aromatic carbocycles. The number of aromatic nitrogens is 2. The van der Waals surface area contributed by atoms with Crippen molar-refractivity contribution in [3.05, 3.63) is 70.8 Å². The average Bonchev–Trinajstić information content (AvgIpc) is 2.60. The van der Waals surface area contributed by atoms with Gasteiger partial charge in [0.15, 0.2) is 5.03 Å². The molecule has 0 spiro atoms. The number of nitrogens with zero attached hydrogens (tertiary/aromatic N) is 2. The molecule has 9 heteroatoms. The predicted molar refractivity (Wildman–Crippen MR) is 93.5 cm³/mol. The fourth-order valence-electron chi connectivity index (χ4n) is 2.28. The number of phenolic OH excluding ortho intramolecular Hbond substituents is 1. The number of phenols is 1. The van der Waals surface area contributed by atoms with E-state index in [0.717, 1.165) is 11.8 Å². The minimum atomic E-state index is -4.76. The van der Waals surface area contributed by atoms with Crippen LogP contribution in [0.25, 0.3) is 5.69 Å². The van der Waals surface area contributed by atoms with E-state index in [-0.39, 0.29) is 22.1 Å². The van der Waals surface area contributed by atoms with Crippen LogP contribution >= 0.6 is 11.8 Å². The zero-order valence-corrected chi connectivity index (χ0v) is 14.7. The molecule has 27 heavy (non-hydrogen) atoms. The first-order valence-electron chi connectivity index (χ1n) is 7.64. The van der Waals surface area contributed by atoms with E-state index in [2.05, 4.69) is 9.72 Å². The van der Waals surface area contributed by atoms with Gasteiger partial charge in [-0.25, -0.2) is 4.98 Å². The quantitative estimate of drug-likeness (QED) is 0.715. The fourth-order valence-corrected chi connectivity index (χ4v) is 3.07. The molecule has 5 nitrogen and oxygen atoms in total. The Morgan fingerprint density at radius 3 is 2.48 bits per heavy atom. The summed E-state index contributed by atoms with van der Waals surface area (Å²) < 4.78 is 41.8. The van der Waals surface area contributed by atoms with Gasteiger partial charge < -0.3 is 9.84 Å². The van der Waals surface area contributed by atoms with E-state index in [1.807, 2.05) is 0 Å². The number of ether oxygens (including phenoxy) is 1. The number of aromatic hydroxyl groups is 1. The first-order valence-corrected chi connectivity index (χ1v) is 8.46. The summed E-state index contributed by atoms with van der Waals surface area (Å²) in [6.45, 7) is 1.71. The fraction of sp³-hybridized carbons (Fsp3) is 0.111. The number of halogens is 3. The van der Waals surface area contributed by atoms with Gasteiger partial charge in [-0.1, -0.05) is 11.8 Å². The molecule has 1 heterocycles. The van der Waals surface area contributed by atoms with Crippen LogP contribution in [0.5, 0.6) is 11.5 Å². The minimum absolute atomic E-state index is 0.122. The Bertz CT molecular complexity index is 1020. The second-order valence-corrected chi connectivity index (χ2v) is 6.56. The van der Waals surface area contributed by atoms with E-state index in [0.29, 0.717) is 16.1 Å². The summed E-state index contributed by atoms with van der Waals surface area (Å²) in [5.74, 6) is -0.221. The molecule has 0 saturated heterocycles. The summed E-state index contributed by atoms with van der Waals surface area (Å²) in [7, 11) is 0. The van der Waals surface area contributed by atoms with Gasteiger partial charge in [-0.05, 0) is 55.0 Å². The molecule has 0 aliphatic carbocycles. The van der Waals surface area contributed by atoms with E-state index >= 15 is 0 Å². The molecule has 0 bridgehead atoms. The summed E-state index contributed by atoms with van der Waals surface area (Å²) >= 11 is 1.03. The molecule has 0 aliphatic rings. The van der Waals surface area contributed by atoms with Crippen molar-refractivity contribution >= 4 is 11.8 Å². The van der Waals surface area contributed by atoms with E-state index in [9.17, 15) is 23.1 Å². The number of hydrogen-bond donors (Lipinski definition) is 1. The summed E-state index contributed by atoms with van der Waals surface area (Å²) in [5.41, 5.74) is 0.794. The lowest BCUT2D eigenvalue weighted by atomic mass is 10.2. The lowest BCUT2D eigenvalue weighted by Crippen LogP contribution is -2.20. The van der Waals surface area contributed by atoms with Crippen molar-refractivity contribution in [3.63, 3.8) is 0 Å². The highest BCUT2D eigenvalue weighted by molar-refractivity contribution is 7.99. The van der Waals surface area contributed by atoms with E-state index in [1.165, 1.54) is 47.3 Å². The lowest BCUT2D eigenvalue weighted by molar-refractivity contribution is -0.274. The summed E-state index contributed by atoms with van der Waals surface area (Å²) in [6, 6.07) is 9.91. The summed E-state index contributed by atoms with van der Waals surface area (Å²) in [5, 5.41) is 9.78. The van der Waals surface area contributed by atoms with Crippen LogP contribution in [0.15, 0.2) is 69.6 Å².